The van der Waals surface area contributed by atoms with Crippen molar-refractivity contribution in [2.45, 2.75) is 32.2 Å². The number of hydrogen-bond donors (Lipinski definition) is 0. The van der Waals surface area contributed by atoms with Gasteiger partial charge in [0, 0.05) is 35.2 Å². The molecule has 1 atom stereocenters. The first-order valence-electron chi connectivity index (χ1n) is 9.69. The highest BCUT2D eigenvalue weighted by molar-refractivity contribution is 7.79. The van der Waals surface area contributed by atoms with Gasteiger partial charge in [0.2, 0.25) is 0 Å². The highest BCUT2D eigenvalue weighted by Gasteiger charge is 2.19. The predicted molar refractivity (Wildman–Crippen MR) is 112 cm³/mol. The van der Waals surface area contributed by atoms with Crippen molar-refractivity contribution in [1.29, 1.82) is 0 Å². The van der Waals surface area contributed by atoms with Crippen LogP contribution >= 0.6 is 0 Å². The SMILES string of the molecule is CC1CCCN1CCc1ccc2cc(-n3ncccc3=O)ccc2c1.O=S(=O)([O-])[O-]. The molecule has 3 aromatic rings. The minimum absolute atomic E-state index is 0.113. The molecule has 0 spiro atoms. The first-order valence-corrected chi connectivity index (χ1v) is 11.0. The highest BCUT2D eigenvalue weighted by Crippen LogP contribution is 2.21. The number of likely N-dealkylation sites (tertiary alicyclic amines) is 1. The van der Waals surface area contributed by atoms with E-state index in [1.54, 1.807) is 12.3 Å². The first-order chi connectivity index (χ1) is 14.2. The molecule has 0 aliphatic carbocycles. The molecule has 0 amide bonds. The Morgan fingerprint density at radius 2 is 1.80 bits per heavy atom. The van der Waals surface area contributed by atoms with Crippen molar-refractivity contribution in [3.05, 3.63) is 70.6 Å². The van der Waals surface area contributed by atoms with E-state index in [2.05, 4.69) is 41.2 Å². The van der Waals surface area contributed by atoms with E-state index in [4.69, 9.17) is 17.5 Å². The van der Waals surface area contributed by atoms with Crippen LogP contribution in [0.3, 0.4) is 0 Å². The van der Waals surface area contributed by atoms with Crippen LogP contribution in [0.1, 0.15) is 25.3 Å². The zero-order chi connectivity index (χ0) is 21.7. The number of nitrogens with zero attached hydrogens (tertiary/aromatic N) is 3. The minimum Gasteiger partial charge on any atom is -0.759 e. The minimum atomic E-state index is -5.17. The van der Waals surface area contributed by atoms with Crippen LogP contribution in [0, 0.1) is 0 Å². The van der Waals surface area contributed by atoms with Crippen molar-refractivity contribution < 1.29 is 17.5 Å². The fourth-order valence-corrected chi connectivity index (χ4v) is 3.72. The van der Waals surface area contributed by atoms with Crippen molar-refractivity contribution in [2.24, 2.45) is 0 Å². The largest absolute Gasteiger partial charge is 0.759 e. The van der Waals surface area contributed by atoms with Crippen molar-refractivity contribution in [2.75, 3.05) is 13.1 Å². The number of benzene rings is 2. The molecule has 2 heterocycles. The Bertz CT molecular complexity index is 1170. The molecule has 30 heavy (non-hydrogen) atoms. The molecule has 160 valence electrons. The Hall–Kier alpha value is -2.59. The maximum atomic E-state index is 11.9. The predicted octanol–water partition coefficient (Wildman–Crippen LogP) is 2.07. The van der Waals surface area contributed by atoms with E-state index in [9.17, 15) is 4.79 Å². The fraction of sp³-hybridized carbons (Fsp3) is 0.333. The average Bonchev–Trinajstić information content (AvgIpc) is 3.10. The Kier molecular flexibility index (Phi) is 6.99. The van der Waals surface area contributed by atoms with Gasteiger partial charge in [0.1, 0.15) is 0 Å². The molecule has 8 nitrogen and oxygen atoms in total. The summed E-state index contributed by atoms with van der Waals surface area (Å²) in [4.78, 5) is 14.5. The maximum Gasteiger partial charge on any atom is 0.271 e. The van der Waals surface area contributed by atoms with Crippen LogP contribution in [0.25, 0.3) is 16.5 Å². The van der Waals surface area contributed by atoms with E-state index < -0.39 is 10.4 Å². The lowest BCUT2D eigenvalue weighted by atomic mass is 10.0. The van der Waals surface area contributed by atoms with Crippen LogP contribution < -0.4 is 5.56 Å². The van der Waals surface area contributed by atoms with Gasteiger partial charge >= 0.3 is 0 Å². The van der Waals surface area contributed by atoms with Gasteiger partial charge in [0.05, 0.1) is 5.69 Å². The van der Waals surface area contributed by atoms with E-state index in [-0.39, 0.29) is 5.56 Å². The van der Waals surface area contributed by atoms with Gasteiger partial charge in [-0.3, -0.25) is 13.2 Å². The molecule has 4 rings (SSSR count). The van der Waals surface area contributed by atoms with Crippen molar-refractivity contribution in [1.82, 2.24) is 14.7 Å². The van der Waals surface area contributed by atoms with Gasteiger partial charge in [0.15, 0.2) is 0 Å². The topological polar surface area (TPSA) is 118 Å². The van der Waals surface area contributed by atoms with Gasteiger partial charge in [-0.05, 0) is 67.3 Å². The molecule has 1 fully saturated rings. The van der Waals surface area contributed by atoms with Crippen molar-refractivity contribution in [3.8, 4) is 5.69 Å². The maximum absolute atomic E-state index is 11.9. The summed E-state index contributed by atoms with van der Waals surface area (Å²) >= 11 is 0. The third kappa shape index (κ3) is 6.20. The fourth-order valence-electron chi connectivity index (χ4n) is 3.72. The van der Waals surface area contributed by atoms with Crippen LogP contribution in [-0.2, 0) is 16.8 Å². The van der Waals surface area contributed by atoms with E-state index >= 15 is 0 Å². The number of aromatic nitrogens is 2. The number of hydrogen-bond acceptors (Lipinski definition) is 7. The molecule has 0 saturated carbocycles. The van der Waals surface area contributed by atoms with E-state index in [1.165, 1.54) is 41.1 Å². The Labute approximate surface area is 175 Å². The Morgan fingerprint density at radius 3 is 2.47 bits per heavy atom. The molecule has 2 aromatic carbocycles. The summed E-state index contributed by atoms with van der Waals surface area (Å²) in [6.45, 7) is 4.69. The summed E-state index contributed by atoms with van der Waals surface area (Å²) < 4.78 is 35.5. The molecule has 1 unspecified atom stereocenters. The second kappa shape index (κ2) is 9.48. The van der Waals surface area contributed by atoms with Crippen LogP contribution in [0.15, 0.2) is 59.5 Å². The normalized spacial score (nSPS) is 17.0. The molecule has 1 aliphatic heterocycles. The van der Waals surface area contributed by atoms with Gasteiger partial charge in [0.25, 0.3) is 5.56 Å². The molecule has 9 heteroatoms. The third-order valence-corrected chi connectivity index (χ3v) is 5.23. The Balaban J connectivity index is 0.000000461. The van der Waals surface area contributed by atoms with E-state index in [1.807, 2.05) is 12.1 Å². The number of fused-ring (bicyclic) bond motifs is 1. The van der Waals surface area contributed by atoms with Gasteiger partial charge in [-0.1, -0.05) is 24.3 Å². The van der Waals surface area contributed by atoms with Crippen LogP contribution in [-0.4, -0.2) is 51.3 Å². The van der Waals surface area contributed by atoms with Gasteiger partial charge in [-0.15, -0.1) is 0 Å². The third-order valence-electron chi connectivity index (χ3n) is 5.23. The van der Waals surface area contributed by atoms with Gasteiger partial charge in [-0.2, -0.15) is 9.78 Å². The summed E-state index contributed by atoms with van der Waals surface area (Å²) in [6, 6.07) is 16.6. The van der Waals surface area contributed by atoms with Crippen molar-refractivity contribution in [3.63, 3.8) is 0 Å². The first kappa shape index (κ1) is 22.1. The molecule has 1 aromatic heterocycles. The quantitative estimate of drug-likeness (QED) is 0.460. The van der Waals surface area contributed by atoms with Gasteiger partial charge in [-0.25, -0.2) is 0 Å². The molecule has 1 aliphatic rings. The lowest BCUT2D eigenvalue weighted by Crippen LogP contribution is -2.28. The summed E-state index contributed by atoms with van der Waals surface area (Å²) in [5, 5.41) is 6.49. The van der Waals surface area contributed by atoms with Crippen LogP contribution in [0.5, 0.6) is 0 Å². The van der Waals surface area contributed by atoms with E-state index in [0.717, 1.165) is 30.1 Å². The van der Waals surface area contributed by atoms with Gasteiger partial charge < -0.3 is 14.0 Å². The van der Waals surface area contributed by atoms with Crippen LogP contribution in [0.4, 0.5) is 0 Å². The number of rotatable bonds is 4. The lowest BCUT2D eigenvalue weighted by molar-refractivity contribution is 0.272. The molecule has 0 bridgehead atoms. The molecule has 0 N–H and O–H groups in total. The summed E-state index contributed by atoms with van der Waals surface area (Å²) in [6.07, 6.45) is 5.37. The second-order valence-corrected chi connectivity index (χ2v) is 8.14. The Morgan fingerprint density at radius 1 is 1.10 bits per heavy atom. The monoisotopic (exact) mass is 429 g/mol. The highest BCUT2D eigenvalue weighted by atomic mass is 32.3. The smallest absolute Gasteiger partial charge is 0.271 e. The molecular weight excluding hydrogens is 406 g/mol. The summed E-state index contributed by atoms with van der Waals surface area (Å²) in [5.41, 5.74) is 2.06. The molecule has 1 saturated heterocycles. The van der Waals surface area contributed by atoms with Crippen LogP contribution in [0.2, 0.25) is 0 Å². The zero-order valence-corrected chi connectivity index (χ0v) is 17.4. The second-order valence-electron chi connectivity index (χ2n) is 7.32. The van der Waals surface area contributed by atoms with E-state index in [0.29, 0.717) is 0 Å². The standard InChI is InChI=1S/C21H23N3O.H2O4S/c1-16-4-3-12-23(16)13-10-17-6-7-19-15-20(9-8-18(19)14-17)24-21(25)5-2-11-22-24;1-5(2,3)4/h2,5-9,11,14-16H,3-4,10,12-13H2,1H3;(H2,1,2,3,4)/p-2. The lowest BCUT2D eigenvalue weighted by Gasteiger charge is -2.20. The average molecular weight is 429 g/mol. The van der Waals surface area contributed by atoms with Crippen molar-refractivity contribution >= 4 is 21.2 Å². The summed E-state index contributed by atoms with van der Waals surface area (Å²) in [5.74, 6) is 0. The summed E-state index contributed by atoms with van der Waals surface area (Å²) in [7, 11) is -5.17. The zero-order valence-electron chi connectivity index (χ0n) is 16.6. The molecular formula is C21H23N3O5S-2. The molecule has 0 radical (unpaired) electrons.